The molecule has 1 unspecified atom stereocenters. The van der Waals surface area contributed by atoms with Gasteiger partial charge in [0.05, 0.1) is 11.6 Å². The smallest absolute Gasteiger partial charge is 0.252 e. The van der Waals surface area contributed by atoms with Crippen LogP contribution in [0.4, 0.5) is 5.82 Å². The monoisotopic (exact) mass is 380 g/mol. The van der Waals surface area contributed by atoms with Gasteiger partial charge in [0.25, 0.3) is 5.91 Å². The van der Waals surface area contributed by atoms with Gasteiger partial charge < -0.3 is 16.0 Å². The molecule has 1 heterocycles. The number of nitrogens with zero attached hydrogens (tertiary/aromatic N) is 1. The van der Waals surface area contributed by atoms with Crippen LogP contribution in [-0.4, -0.2) is 52.8 Å². The molecular formula is C19H32N4O2S. The molecule has 6 nitrogen and oxygen atoms in total. The number of primary amides is 1. The number of carbonyl (C=O) groups is 2. The van der Waals surface area contributed by atoms with Crippen molar-refractivity contribution in [3.8, 4) is 0 Å². The van der Waals surface area contributed by atoms with Crippen LogP contribution in [0.1, 0.15) is 54.7 Å². The number of nitrogens with two attached hydrogens (primary N) is 1. The molecule has 1 atom stereocenters. The molecule has 1 fully saturated rings. The molecule has 0 aromatic carbocycles. The molecule has 0 spiro atoms. The van der Waals surface area contributed by atoms with Crippen molar-refractivity contribution in [2.45, 2.75) is 52.5 Å². The zero-order valence-corrected chi connectivity index (χ0v) is 17.2. The first kappa shape index (κ1) is 20.8. The number of aromatic amines is 1. The Morgan fingerprint density at radius 3 is 2.65 bits per heavy atom. The quantitative estimate of drug-likeness (QED) is 0.550. The van der Waals surface area contributed by atoms with Crippen molar-refractivity contribution in [2.24, 2.45) is 11.7 Å². The Morgan fingerprint density at radius 1 is 1.42 bits per heavy atom. The second-order valence-corrected chi connectivity index (χ2v) is 8.17. The Balaban J connectivity index is 2.14. The van der Waals surface area contributed by atoms with E-state index in [1.54, 1.807) is 11.8 Å². The lowest BCUT2D eigenvalue weighted by Crippen LogP contribution is -2.43. The fourth-order valence-electron chi connectivity index (χ4n) is 3.26. The summed E-state index contributed by atoms with van der Waals surface area (Å²) in [6.07, 6.45) is 6.38. The van der Waals surface area contributed by atoms with E-state index in [0.717, 1.165) is 48.9 Å². The summed E-state index contributed by atoms with van der Waals surface area (Å²) >= 11 is 1.74. The summed E-state index contributed by atoms with van der Waals surface area (Å²) in [5.74, 6) is 1.49. The van der Waals surface area contributed by atoms with Gasteiger partial charge in [0.1, 0.15) is 5.82 Å². The molecule has 1 aromatic rings. The minimum absolute atomic E-state index is 0.0979. The van der Waals surface area contributed by atoms with E-state index < -0.39 is 5.91 Å². The molecule has 146 valence electrons. The molecule has 2 rings (SSSR count). The zero-order valence-electron chi connectivity index (χ0n) is 16.4. The topological polar surface area (TPSA) is 91.2 Å². The van der Waals surface area contributed by atoms with Gasteiger partial charge in [-0.15, -0.1) is 0 Å². The molecule has 2 amide bonds. The zero-order chi connectivity index (χ0) is 19.3. The molecular weight excluding hydrogens is 348 g/mol. The average Bonchev–Trinajstić information content (AvgIpc) is 3.35. The first-order valence-corrected chi connectivity index (χ1v) is 10.8. The SMILES string of the molecule is CCCN(CC1CC1)C(C)C(=O)Nc1[nH]c(CCSC)c(C)c1C(N)=O. The Hall–Kier alpha value is -1.47. The molecule has 0 aliphatic heterocycles. The van der Waals surface area contributed by atoms with Crippen LogP contribution in [0.3, 0.4) is 0 Å². The van der Waals surface area contributed by atoms with Crippen molar-refractivity contribution in [3.63, 3.8) is 0 Å². The standard InChI is InChI=1S/C19H32N4O2S/c1-5-9-23(11-14-6-7-14)13(3)19(25)22-18-16(17(20)24)12(2)15(21-18)8-10-26-4/h13-14,21H,5-11H2,1-4H3,(H2,20,24)(H,22,25). The highest BCUT2D eigenvalue weighted by atomic mass is 32.2. The lowest BCUT2D eigenvalue weighted by Gasteiger charge is -2.27. The van der Waals surface area contributed by atoms with Crippen LogP contribution in [0.2, 0.25) is 0 Å². The maximum atomic E-state index is 12.8. The van der Waals surface area contributed by atoms with E-state index in [9.17, 15) is 9.59 Å². The molecule has 1 aliphatic rings. The number of thioether (sulfide) groups is 1. The third-order valence-corrected chi connectivity index (χ3v) is 5.64. The van der Waals surface area contributed by atoms with Crippen LogP contribution in [0.5, 0.6) is 0 Å². The van der Waals surface area contributed by atoms with Crippen LogP contribution in [0.15, 0.2) is 0 Å². The van der Waals surface area contributed by atoms with Gasteiger partial charge in [0.15, 0.2) is 0 Å². The number of aromatic nitrogens is 1. The highest BCUT2D eigenvalue weighted by molar-refractivity contribution is 7.98. The number of aryl methyl sites for hydroxylation is 1. The number of nitrogens with one attached hydrogen (secondary N) is 2. The molecule has 0 bridgehead atoms. The van der Waals surface area contributed by atoms with E-state index in [4.69, 9.17) is 5.73 Å². The van der Waals surface area contributed by atoms with Gasteiger partial charge >= 0.3 is 0 Å². The van der Waals surface area contributed by atoms with Crippen LogP contribution < -0.4 is 11.1 Å². The van der Waals surface area contributed by atoms with E-state index in [-0.39, 0.29) is 11.9 Å². The van der Waals surface area contributed by atoms with Crippen LogP contribution in [-0.2, 0) is 11.2 Å². The number of hydrogen-bond acceptors (Lipinski definition) is 4. The lowest BCUT2D eigenvalue weighted by atomic mass is 10.1. The van der Waals surface area contributed by atoms with E-state index >= 15 is 0 Å². The highest BCUT2D eigenvalue weighted by Crippen LogP contribution is 2.30. The summed E-state index contributed by atoms with van der Waals surface area (Å²) in [4.78, 5) is 30.2. The molecule has 0 saturated heterocycles. The van der Waals surface area contributed by atoms with Gasteiger partial charge in [0, 0.05) is 12.2 Å². The van der Waals surface area contributed by atoms with E-state index in [2.05, 4.69) is 22.1 Å². The van der Waals surface area contributed by atoms with Crippen molar-refractivity contribution in [1.82, 2.24) is 9.88 Å². The van der Waals surface area contributed by atoms with Gasteiger partial charge in [0.2, 0.25) is 5.91 Å². The average molecular weight is 381 g/mol. The summed E-state index contributed by atoms with van der Waals surface area (Å²) in [5, 5.41) is 2.92. The molecule has 1 aliphatic carbocycles. The third kappa shape index (κ3) is 5.27. The van der Waals surface area contributed by atoms with Crippen molar-refractivity contribution >= 4 is 29.4 Å². The van der Waals surface area contributed by atoms with Gasteiger partial charge in [-0.05, 0) is 69.6 Å². The summed E-state index contributed by atoms with van der Waals surface area (Å²) in [6.45, 7) is 7.80. The normalized spacial score (nSPS) is 15.3. The van der Waals surface area contributed by atoms with Gasteiger partial charge in [-0.2, -0.15) is 11.8 Å². The van der Waals surface area contributed by atoms with Crippen LogP contribution >= 0.6 is 11.8 Å². The number of carbonyl (C=O) groups excluding carboxylic acids is 2. The number of amides is 2. The summed E-state index contributed by atoms with van der Waals surface area (Å²) in [5.41, 5.74) is 7.75. The predicted octanol–water partition coefficient (Wildman–Crippen LogP) is 2.78. The highest BCUT2D eigenvalue weighted by Gasteiger charge is 2.30. The van der Waals surface area contributed by atoms with Crippen molar-refractivity contribution in [2.75, 3.05) is 30.4 Å². The molecule has 7 heteroatoms. The number of H-pyrrole nitrogens is 1. The second-order valence-electron chi connectivity index (χ2n) is 7.19. The predicted molar refractivity (Wildman–Crippen MR) is 109 cm³/mol. The summed E-state index contributed by atoms with van der Waals surface area (Å²) in [7, 11) is 0. The Labute approximate surface area is 160 Å². The summed E-state index contributed by atoms with van der Waals surface area (Å²) in [6, 6.07) is -0.241. The number of rotatable bonds is 11. The maximum Gasteiger partial charge on any atom is 0.252 e. The van der Waals surface area contributed by atoms with Gasteiger partial charge in [-0.25, -0.2) is 0 Å². The van der Waals surface area contributed by atoms with Crippen LogP contribution in [0, 0.1) is 12.8 Å². The molecule has 4 N–H and O–H groups in total. The maximum absolute atomic E-state index is 12.8. The van der Waals surface area contributed by atoms with E-state index in [1.807, 2.05) is 20.1 Å². The fourth-order valence-corrected chi connectivity index (χ4v) is 3.67. The van der Waals surface area contributed by atoms with Crippen molar-refractivity contribution < 1.29 is 9.59 Å². The van der Waals surface area contributed by atoms with Gasteiger partial charge in [-0.3, -0.25) is 14.5 Å². The van der Waals surface area contributed by atoms with Crippen molar-refractivity contribution in [1.29, 1.82) is 0 Å². The third-order valence-electron chi connectivity index (χ3n) is 5.03. The largest absolute Gasteiger partial charge is 0.365 e. The van der Waals surface area contributed by atoms with Crippen molar-refractivity contribution in [3.05, 3.63) is 16.8 Å². The number of hydrogen-bond donors (Lipinski definition) is 3. The minimum atomic E-state index is -0.513. The Bertz CT molecular complexity index is 640. The molecule has 1 saturated carbocycles. The fraction of sp³-hybridized carbons (Fsp3) is 0.684. The van der Waals surface area contributed by atoms with Gasteiger partial charge in [-0.1, -0.05) is 6.92 Å². The molecule has 26 heavy (non-hydrogen) atoms. The van der Waals surface area contributed by atoms with Crippen LogP contribution in [0.25, 0.3) is 0 Å². The van der Waals surface area contributed by atoms with E-state index in [1.165, 1.54) is 12.8 Å². The first-order chi connectivity index (χ1) is 12.4. The molecule has 1 aromatic heterocycles. The lowest BCUT2D eigenvalue weighted by molar-refractivity contribution is -0.120. The number of anilines is 1. The Morgan fingerprint density at radius 2 is 2.12 bits per heavy atom. The summed E-state index contributed by atoms with van der Waals surface area (Å²) < 4.78 is 0. The molecule has 0 radical (unpaired) electrons. The first-order valence-electron chi connectivity index (χ1n) is 9.44. The van der Waals surface area contributed by atoms with E-state index in [0.29, 0.717) is 11.4 Å². The minimum Gasteiger partial charge on any atom is -0.365 e. The Kier molecular flexibility index (Phi) is 7.58. The second kappa shape index (κ2) is 9.46.